The van der Waals surface area contributed by atoms with E-state index in [1.165, 1.54) is 30.5 Å². The molecule has 152 valence electrons. The number of hydrazone groups is 1. The first kappa shape index (κ1) is 20.7. The lowest BCUT2D eigenvalue weighted by Crippen LogP contribution is -2.20. The second-order valence-corrected chi connectivity index (χ2v) is 6.27. The van der Waals surface area contributed by atoms with Gasteiger partial charge in [-0.1, -0.05) is 48.5 Å². The fourth-order valence-corrected chi connectivity index (χ4v) is 2.71. The van der Waals surface area contributed by atoms with E-state index in [-0.39, 0.29) is 24.5 Å². The van der Waals surface area contributed by atoms with E-state index >= 15 is 0 Å². The maximum atomic E-state index is 13.7. The molecular formula is C22H18FN3O4. The highest BCUT2D eigenvalue weighted by atomic mass is 19.1. The van der Waals surface area contributed by atoms with E-state index in [1.54, 1.807) is 48.5 Å². The van der Waals surface area contributed by atoms with Crippen LogP contribution in [0.25, 0.3) is 0 Å². The number of nitro groups is 1. The molecule has 0 spiro atoms. The number of nitrogens with one attached hydrogen (secondary N) is 1. The zero-order chi connectivity index (χ0) is 21.3. The second-order valence-electron chi connectivity index (χ2n) is 6.27. The molecule has 0 heterocycles. The normalized spacial score (nSPS) is 10.7. The molecule has 7 nitrogen and oxygen atoms in total. The molecular weight excluding hydrogens is 389 g/mol. The number of rotatable bonds is 8. The Morgan fingerprint density at radius 3 is 2.47 bits per heavy atom. The number of amides is 1. The Bertz CT molecular complexity index is 1090. The van der Waals surface area contributed by atoms with Crippen LogP contribution in [0.4, 0.5) is 10.1 Å². The third-order valence-electron chi connectivity index (χ3n) is 4.19. The largest absolute Gasteiger partial charge is 0.488 e. The molecule has 3 aromatic rings. The van der Waals surface area contributed by atoms with Crippen LogP contribution in [0.2, 0.25) is 0 Å². The number of ether oxygens (including phenoxy) is 1. The molecule has 0 aliphatic heterocycles. The summed E-state index contributed by atoms with van der Waals surface area (Å²) in [5.41, 5.74) is 3.52. The SMILES string of the molecule is O=C(Cc1ccccc1[N+](=O)[O-])N/N=C/c1ccccc1OCc1ccccc1F. The summed E-state index contributed by atoms with van der Waals surface area (Å²) < 4.78 is 19.4. The standard InChI is InChI=1S/C22H18FN3O4/c23-19-10-4-1-9-18(19)15-30-21-12-6-3-8-17(21)14-24-25-22(27)13-16-7-2-5-11-20(16)26(28)29/h1-12,14H,13,15H2,(H,25,27)/b24-14+. The van der Waals surface area contributed by atoms with Gasteiger partial charge in [-0.2, -0.15) is 5.10 Å². The van der Waals surface area contributed by atoms with E-state index in [2.05, 4.69) is 10.5 Å². The predicted molar refractivity (Wildman–Crippen MR) is 110 cm³/mol. The molecule has 8 heteroatoms. The molecule has 0 saturated heterocycles. The summed E-state index contributed by atoms with van der Waals surface area (Å²) in [5, 5.41) is 14.9. The van der Waals surface area contributed by atoms with Crippen molar-refractivity contribution >= 4 is 17.8 Å². The smallest absolute Gasteiger partial charge is 0.273 e. The Morgan fingerprint density at radius 2 is 1.70 bits per heavy atom. The molecule has 30 heavy (non-hydrogen) atoms. The van der Waals surface area contributed by atoms with Crippen LogP contribution in [-0.2, 0) is 17.8 Å². The summed E-state index contributed by atoms with van der Waals surface area (Å²) in [4.78, 5) is 22.6. The summed E-state index contributed by atoms with van der Waals surface area (Å²) >= 11 is 0. The average molecular weight is 407 g/mol. The number of benzene rings is 3. The lowest BCUT2D eigenvalue weighted by Gasteiger charge is -2.09. The zero-order valence-corrected chi connectivity index (χ0v) is 15.8. The third kappa shape index (κ3) is 5.48. The second kappa shape index (κ2) is 9.92. The number of nitrogens with zero attached hydrogens (tertiary/aromatic N) is 2. The number of halogens is 1. The summed E-state index contributed by atoms with van der Waals surface area (Å²) in [5.74, 6) is -0.381. The van der Waals surface area contributed by atoms with Crippen molar-refractivity contribution < 1.29 is 18.8 Å². The summed E-state index contributed by atoms with van der Waals surface area (Å²) in [6.07, 6.45) is 1.22. The Kier molecular flexibility index (Phi) is 6.83. The molecule has 1 amide bonds. The number of hydrogen-bond donors (Lipinski definition) is 1. The van der Waals surface area contributed by atoms with Gasteiger partial charge in [0.2, 0.25) is 5.91 Å². The van der Waals surface area contributed by atoms with Crippen molar-refractivity contribution in [1.82, 2.24) is 5.43 Å². The first-order valence-corrected chi connectivity index (χ1v) is 9.04. The number of hydrogen-bond acceptors (Lipinski definition) is 5. The minimum Gasteiger partial charge on any atom is -0.488 e. The lowest BCUT2D eigenvalue weighted by atomic mass is 10.1. The van der Waals surface area contributed by atoms with Crippen LogP contribution in [0.15, 0.2) is 77.9 Å². The summed E-state index contributed by atoms with van der Waals surface area (Å²) in [6, 6.07) is 19.3. The number of carbonyl (C=O) groups excluding carboxylic acids is 1. The van der Waals surface area contributed by atoms with Crippen molar-refractivity contribution in [2.45, 2.75) is 13.0 Å². The van der Waals surface area contributed by atoms with Crippen molar-refractivity contribution in [2.24, 2.45) is 5.10 Å². The monoisotopic (exact) mass is 407 g/mol. The molecule has 3 aromatic carbocycles. The van der Waals surface area contributed by atoms with Crippen LogP contribution < -0.4 is 10.2 Å². The van der Waals surface area contributed by atoms with Crippen LogP contribution in [-0.4, -0.2) is 17.0 Å². The molecule has 3 rings (SSSR count). The Balaban J connectivity index is 1.62. The first-order valence-electron chi connectivity index (χ1n) is 9.04. The van der Waals surface area contributed by atoms with Gasteiger partial charge in [-0.05, 0) is 18.2 Å². The quantitative estimate of drug-likeness (QED) is 0.347. The van der Waals surface area contributed by atoms with Crippen LogP contribution in [0.5, 0.6) is 5.75 Å². The van der Waals surface area contributed by atoms with Crippen molar-refractivity contribution in [3.05, 3.63) is 105 Å². The zero-order valence-electron chi connectivity index (χ0n) is 15.8. The van der Waals surface area contributed by atoms with E-state index in [9.17, 15) is 19.3 Å². The molecule has 0 atom stereocenters. The van der Waals surface area contributed by atoms with Gasteiger partial charge in [-0.15, -0.1) is 0 Å². The first-order chi connectivity index (χ1) is 14.5. The molecule has 0 bridgehead atoms. The maximum absolute atomic E-state index is 13.7. The number of para-hydroxylation sites is 2. The third-order valence-corrected chi connectivity index (χ3v) is 4.19. The van der Waals surface area contributed by atoms with E-state index in [4.69, 9.17) is 4.74 Å². The van der Waals surface area contributed by atoms with Crippen molar-refractivity contribution in [1.29, 1.82) is 0 Å². The summed E-state index contributed by atoms with van der Waals surface area (Å²) in [6.45, 7) is 0.0432. The number of carbonyl (C=O) groups is 1. The van der Waals surface area contributed by atoms with Crippen LogP contribution in [0.1, 0.15) is 16.7 Å². The van der Waals surface area contributed by atoms with Crippen molar-refractivity contribution in [3.63, 3.8) is 0 Å². The maximum Gasteiger partial charge on any atom is 0.273 e. The molecule has 0 aliphatic rings. The molecule has 0 radical (unpaired) electrons. The van der Waals surface area contributed by atoms with Gasteiger partial charge in [-0.25, -0.2) is 9.82 Å². The average Bonchev–Trinajstić information content (AvgIpc) is 2.74. The predicted octanol–water partition coefficient (Wildman–Crippen LogP) is 4.01. The molecule has 0 unspecified atom stereocenters. The molecule has 0 saturated carbocycles. The van der Waals surface area contributed by atoms with E-state index in [1.807, 2.05) is 0 Å². The van der Waals surface area contributed by atoms with Crippen LogP contribution in [0.3, 0.4) is 0 Å². The fraction of sp³-hybridized carbons (Fsp3) is 0.0909. The van der Waals surface area contributed by atoms with E-state index in [0.717, 1.165) is 0 Å². The molecule has 0 fully saturated rings. The Hall–Kier alpha value is -4.07. The van der Waals surface area contributed by atoms with Gasteiger partial charge < -0.3 is 4.74 Å². The Morgan fingerprint density at radius 1 is 1.03 bits per heavy atom. The minimum absolute atomic E-state index is 0.0432. The highest BCUT2D eigenvalue weighted by molar-refractivity contribution is 5.86. The molecule has 0 aliphatic carbocycles. The Labute approximate surface area is 172 Å². The van der Waals surface area contributed by atoms with Gasteiger partial charge in [-0.3, -0.25) is 14.9 Å². The lowest BCUT2D eigenvalue weighted by molar-refractivity contribution is -0.385. The van der Waals surface area contributed by atoms with Crippen molar-refractivity contribution in [2.75, 3.05) is 0 Å². The van der Waals surface area contributed by atoms with Crippen LogP contribution in [0, 0.1) is 15.9 Å². The van der Waals surface area contributed by atoms with Crippen molar-refractivity contribution in [3.8, 4) is 5.75 Å². The van der Waals surface area contributed by atoms with Gasteiger partial charge >= 0.3 is 0 Å². The van der Waals surface area contributed by atoms with Gasteiger partial charge in [0.15, 0.2) is 0 Å². The van der Waals surface area contributed by atoms with Gasteiger partial charge in [0.25, 0.3) is 5.69 Å². The highest BCUT2D eigenvalue weighted by Gasteiger charge is 2.15. The van der Waals surface area contributed by atoms with E-state index in [0.29, 0.717) is 22.4 Å². The fourth-order valence-electron chi connectivity index (χ4n) is 2.71. The molecule has 0 aromatic heterocycles. The number of nitro benzene ring substituents is 1. The minimum atomic E-state index is -0.533. The summed E-state index contributed by atoms with van der Waals surface area (Å²) in [7, 11) is 0. The van der Waals surface area contributed by atoms with E-state index < -0.39 is 10.8 Å². The van der Waals surface area contributed by atoms with Crippen LogP contribution >= 0.6 is 0 Å². The van der Waals surface area contributed by atoms with Gasteiger partial charge in [0.05, 0.1) is 17.6 Å². The topological polar surface area (TPSA) is 93.8 Å². The highest BCUT2D eigenvalue weighted by Crippen LogP contribution is 2.19. The molecule has 1 N–H and O–H groups in total. The van der Waals surface area contributed by atoms with Gasteiger partial charge in [0, 0.05) is 22.8 Å². The van der Waals surface area contributed by atoms with Gasteiger partial charge in [0.1, 0.15) is 18.2 Å².